The van der Waals surface area contributed by atoms with E-state index in [2.05, 4.69) is 40.8 Å². The van der Waals surface area contributed by atoms with Gasteiger partial charge in [-0.15, -0.1) is 0 Å². The van der Waals surface area contributed by atoms with Gasteiger partial charge < -0.3 is 15.4 Å². The SMILES string of the molecule is CCCCCCCCCCCCCCOc1cccc(NC(=O)Nc2ccc(C[n+]3csc(C)c3)cc2)c1. The highest BCUT2D eigenvalue weighted by Gasteiger charge is 2.07. The molecule has 0 saturated heterocycles. The molecule has 0 aliphatic carbocycles. The Kier molecular flexibility index (Phi) is 13.8. The Labute approximate surface area is 233 Å². The number of carbonyl (C=O) groups is 1. The molecule has 0 radical (unpaired) electrons. The zero-order chi connectivity index (χ0) is 26.8. The normalized spacial score (nSPS) is 10.9. The second-order valence-electron chi connectivity index (χ2n) is 10.2. The monoisotopic (exact) mass is 536 g/mol. The van der Waals surface area contributed by atoms with Crippen LogP contribution in [0.2, 0.25) is 0 Å². The number of thiazole rings is 1. The van der Waals surface area contributed by atoms with E-state index in [1.54, 1.807) is 11.3 Å². The maximum atomic E-state index is 12.5. The second-order valence-corrected chi connectivity index (χ2v) is 11.3. The van der Waals surface area contributed by atoms with Crippen LogP contribution in [0.5, 0.6) is 5.75 Å². The number of nitrogens with zero attached hydrogens (tertiary/aromatic N) is 1. The predicted molar refractivity (Wildman–Crippen MR) is 160 cm³/mol. The van der Waals surface area contributed by atoms with Crippen molar-refractivity contribution in [3.8, 4) is 5.75 Å². The molecule has 2 amide bonds. The summed E-state index contributed by atoms with van der Waals surface area (Å²) >= 11 is 1.74. The molecule has 206 valence electrons. The van der Waals surface area contributed by atoms with Gasteiger partial charge in [-0.2, -0.15) is 4.57 Å². The molecular formula is C32H46N3O2S+. The number of carbonyl (C=O) groups excluding carboxylic acids is 1. The molecule has 0 saturated carbocycles. The number of aryl methyl sites for hydroxylation is 1. The first-order valence-electron chi connectivity index (χ1n) is 14.5. The van der Waals surface area contributed by atoms with Crippen LogP contribution >= 0.6 is 11.3 Å². The summed E-state index contributed by atoms with van der Waals surface area (Å²) in [6.07, 6.45) is 18.1. The number of rotatable bonds is 18. The average Bonchev–Trinajstić information content (AvgIpc) is 3.32. The van der Waals surface area contributed by atoms with Crippen molar-refractivity contribution >= 4 is 28.7 Å². The quantitative estimate of drug-likeness (QED) is 0.126. The van der Waals surface area contributed by atoms with Gasteiger partial charge in [-0.3, -0.25) is 0 Å². The smallest absolute Gasteiger partial charge is 0.323 e. The molecule has 0 unspecified atom stereocenters. The molecule has 2 N–H and O–H groups in total. The van der Waals surface area contributed by atoms with E-state index >= 15 is 0 Å². The fourth-order valence-corrected chi connectivity index (χ4v) is 5.16. The highest BCUT2D eigenvalue weighted by Crippen LogP contribution is 2.19. The van der Waals surface area contributed by atoms with Crippen molar-refractivity contribution in [3.63, 3.8) is 0 Å². The maximum absolute atomic E-state index is 12.5. The third-order valence-electron chi connectivity index (χ3n) is 6.66. The van der Waals surface area contributed by atoms with Crippen molar-refractivity contribution in [1.82, 2.24) is 0 Å². The minimum absolute atomic E-state index is 0.265. The molecule has 0 bridgehead atoms. The maximum Gasteiger partial charge on any atom is 0.323 e. The molecule has 6 heteroatoms. The van der Waals surface area contributed by atoms with Crippen molar-refractivity contribution in [1.29, 1.82) is 0 Å². The van der Waals surface area contributed by atoms with Gasteiger partial charge in [0.15, 0.2) is 12.7 Å². The van der Waals surface area contributed by atoms with Gasteiger partial charge in [0.1, 0.15) is 5.75 Å². The number of hydrogen-bond donors (Lipinski definition) is 2. The van der Waals surface area contributed by atoms with Crippen LogP contribution in [0, 0.1) is 6.92 Å². The van der Waals surface area contributed by atoms with Gasteiger partial charge in [-0.25, -0.2) is 4.79 Å². The molecule has 3 aromatic rings. The lowest BCUT2D eigenvalue weighted by Gasteiger charge is -2.10. The van der Waals surface area contributed by atoms with Crippen LogP contribution in [0.25, 0.3) is 0 Å². The standard InChI is InChI=1S/C32H45N3O2S/c1-3-4-5-6-7-8-9-10-11-12-13-14-22-37-31-17-15-16-30(23-31)34-32(36)33-29-20-18-28(19-21-29)25-35-24-27(2)38-26-35/h15-21,23-24,26H,3-14,22,25H2,1-2H3,(H-,33,34,36)/p+1. The van der Waals surface area contributed by atoms with Crippen LogP contribution in [0.3, 0.4) is 0 Å². The largest absolute Gasteiger partial charge is 0.494 e. The fourth-order valence-electron chi connectivity index (χ4n) is 4.52. The highest BCUT2D eigenvalue weighted by atomic mass is 32.1. The number of unbranched alkanes of at least 4 members (excludes halogenated alkanes) is 11. The van der Waals surface area contributed by atoms with Crippen LogP contribution in [0.4, 0.5) is 16.2 Å². The summed E-state index contributed by atoms with van der Waals surface area (Å²) in [5, 5.41) is 5.81. The Morgan fingerprint density at radius 3 is 2.08 bits per heavy atom. The highest BCUT2D eigenvalue weighted by molar-refractivity contribution is 7.09. The summed E-state index contributed by atoms with van der Waals surface area (Å²) in [6.45, 7) is 5.91. The van der Waals surface area contributed by atoms with Crippen molar-refractivity contribution < 1.29 is 14.1 Å². The zero-order valence-corrected chi connectivity index (χ0v) is 24.2. The molecular weight excluding hydrogens is 490 g/mol. The van der Waals surface area contributed by atoms with E-state index in [-0.39, 0.29) is 6.03 Å². The molecule has 1 aromatic heterocycles. The Hall–Kier alpha value is -2.86. The number of ether oxygens (including phenoxy) is 1. The number of aromatic nitrogens is 1. The Morgan fingerprint density at radius 2 is 1.45 bits per heavy atom. The zero-order valence-electron chi connectivity index (χ0n) is 23.3. The fraction of sp³-hybridized carbons (Fsp3) is 0.500. The number of urea groups is 1. The average molecular weight is 537 g/mol. The first-order valence-corrected chi connectivity index (χ1v) is 15.3. The number of nitrogens with one attached hydrogen (secondary N) is 2. The molecule has 0 spiro atoms. The van der Waals surface area contributed by atoms with Crippen LogP contribution < -0.4 is 19.9 Å². The summed E-state index contributed by atoms with van der Waals surface area (Å²) in [7, 11) is 0. The van der Waals surface area contributed by atoms with Gasteiger partial charge in [-0.05, 0) is 37.6 Å². The molecule has 5 nitrogen and oxygen atoms in total. The van der Waals surface area contributed by atoms with E-state index in [0.717, 1.165) is 30.1 Å². The minimum Gasteiger partial charge on any atom is -0.494 e. The van der Waals surface area contributed by atoms with Crippen LogP contribution in [-0.4, -0.2) is 12.6 Å². The molecule has 2 aromatic carbocycles. The van der Waals surface area contributed by atoms with Crippen molar-refractivity contribution in [2.45, 2.75) is 97.4 Å². The van der Waals surface area contributed by atoms with E-state index in [9.17, 15) is 4.79 Å². The second kappa shape index (κ2) is 17.6. The van der Waals surface area contributed by atoms with Crippen molar-refractivity contribution in [3.05, 3.63) is 70.7 Å². The van der Waals surface area contributed by atoms with Gasteiger partial charge in [0.2, 0.25) is 5.51 Å². The van der Waals surface area contributed by atoms with Crippen molar-refractivity contribution in [2.24, 2.45) is 0 Å². The summed E-state index contributed by atoms with van der Waals surface area (Å²) in [5.74, 6) is 0.788. The Balaban J connectivity index is 1.27. The molecule has 0 aliphatic rings. The molecule has 1 heterocycles. The molecule has 0 atom stereocenters. The van der Waals surface area contributed by atoms with Crippen LogP contribution in [-0.2, 0) is 6.54 Å². The third-order valence-corrected chi connectivity index (χ3v) is 7.51. The topological polar surface area (TPSA) is 54.2 Å². The van der Waals surface area contributed by atoms with E-state index in [0.29, 0.717) is 6.61 Å². The lowest BCUT2D eigenvalue weighted by molar-refractivity contribution is -0.683. The van der Waals surface area contributed by atoms with E-state index in [4.69, 9.17) is 4.74 Å². The molecule has 38 heavy (non-hydrogen) atoms. The van der Waals surface area contributed by atoms with Gasteiger partial charge in [0.05, 0.1) is 11.5 Å². The summed E-state index contributed by atoms with van der Waals surface area (Å²) < 4.78 is 8.10. The van der Waals surface area contributed by atoms with Gasteiger partial charge in [0, 0.05) is 23.0 Å². The molecule has 0 aliphatic heterocycles. The van der Waals surface area contributed by atoms with E-state index in [1.165, 1.54) is 81.1 Å². The van der Waals surface area contributed by atoms with Gasteiger partial charge >= 0.3 is 6.03 Å². The first-order chi connectivity index (χ1) is 18.6. The van der Waals surface area contributed by atoms with Crippen LogP contribution in [0.15, 0.2) is 60.2 Å². The summed E-state index contributed by atoms with van der Waals surface area (Å²) in [5.41, 5.74) is 4.79. The lowest BCUT2D eigenvalue weighted by atomic mass is 10.1. The minimum atomic E-state index is -0.265. The Morgan fingerprint density at radius 1 is 0.816 bits per heavy atom. The third kappa shape index (κ3) is 12.1. The predicted octanol–water partition coefficient (Wildman–Crippen LogP) is 9.12. The number of hydrogen-bond acceptors (Lipinski definition) is 3. The number of anilines is 2. The van der Waals surface area contributed by atoms with E-state index < -0.39 is 0 Å². The van der Waals surface area contributed by atoms with Gasteiger partial charge in [-0.1, -0.05) is 107 Å². The first kappa shape index (κ1) is 29.7. The van der Waals surface area contributed by atoms with Crippen molar-refractivity contribution in [2.75, 3.05) is 17.2 Å². The summed E-state index contributed by atoms with van der Waals surface area (Å²) in [4.78, 5) is 13.8. The van der Waals surface area contributed by atoms with Crippen LogP contribution in [0.1, 0.15) is 94.4 Å². The van der Waals surface area contributed by atoms with Gasteiger partial charge in [0.25, 0.3) is 0 Å². The molecule has 3 rings (SSSR count). The lowest BCUT2D eigenvalue weighted by Crippen LogP contribution is -2.30. The molecule has 0 fully saturated rings. The number of benzene rings is 2. The Bertz CT molecular complexity index is 1060. The van der Waals surface area contributed by atoms with E-state index in [1.807, 2.05) is 48.5 Å². The summed E-state index contributed by atoms with van der Waals surface area (Å²) in [6, 6.07) is 15.3. The number of amides is 2.